The Morgan fingerprint density at radius 1 is 1.47 bits per heavy atom. The number of sulfone groups is 1. The van der Waals surface area contributed by atoms with E-state index in [1.807, 2.05) is 6.92 Å². The van der Waals surface area contributed by atoms with E-state index in [1.54, 1.807) is 0 Å². The van der Waals surface area contributed by atoms with Crippen LogP contribution in [0.3, 0.4) is 0 Å². The van der Waals surface area contributed by atoms with Crippen molar-refractivity contribution in [2.45, 2.75) is 25.6 Å². The monoisotopic (exact) mass is 316 g/mol. The topological polar surface area (TPSA) is 59.1 Å². The highest BCUT2D eigenvalue weighted by Crippen LogP contribution is 2.34. The normalized spacial score (nSPS) is 14.6. The summed E-state index contributed by atoms with van der Waals surface area (Å²) in [5, 5.41) is 1.97. The van der Waals surface area contributed by atoms with Crippen LogP contribution in [0.2, 0.25) is 0 Å². The lowest BCUT2D eigenvalue weighted by molar-refractivity contribution is -0.137. The van der Waals surface area contributed by atoms with Crippen molar-refractivity contribution in [1.29, 1.82) is 0 Å². The molecule has 0 radical (unpaired) electrons. The van der Waals surface area contributed by atoms with E-state index in [0.29, 0.717) is 17.9 Å². The van der Waals surface area contributed by atoms with Gasteiger partial charge < -0.3 is 5.32 Å². The molecule has 0 bridgehead atoms. The van der Waals surface area contributed by atoms with Crippen molar-refractivity contribution in [2.75, 3.05) is 18.6 Å². The maximum atomic E-state index is 12.5. The standard InChI is InChI=1S/C10H15F3N2O2S2/c1-3-4-14-7(6-19(2,16)17)8-5-15-9(18-8)10(11,12)13/h5,7,14H,3-4,6H2,1-2H3. The van der Waals surface area contributed by atoms with E-state index in [1.165, 1.54) is 0 Å². The van der Waals surface area contributed by atoms with Crippen molar-refractivity contribution in [1.82, 2.24) is 10.3 Å². The van der Waals surface area contributed by atoms with Gasteiger partial charge in [-0.05, 0) is 13.0 Å². The van der Waals surface area contributed by atoms with E-state index in [9.17, 15) is 21.6 Å². The minimum atomic E-state index is -4.50. The van der Waals surface area contributed by atoms with Crippen molar-refractivity contribution < 1.29 is 21.6 Å². The van der Waals surface area contributed by atoms with Gasteiger partial charge in [-0.15, -0.1) is 11.3 Å². The van der Waals surface area contributed by atoms with Crippen molar-refractivity contribution in [3.8, 4) is 0 Å². The van der Waals surface area contributed by atoms with Gasteiger partial charge in [0, 0.05) is 17.3 Å². The third-order valence-electron chi connectivity index (χ3n) is 2.22. The molecule has 0 saturated heterocycles. The summed E-state index contributed by atoms with van der Waals surface area (Å²) < 4.78 is 60.0. The molecule has 0 fully saturated rings. The van der Waals surface area contributed by atoms with Crippen LogP contribution in [0.25, 0.3) is 0 Å². The fourth-order valence-corrected chi connectivity index (χ4v) is 3.31. The third kappa shape index (κ3) is 5.45. The molecule has 0 saturated carbocycles. The molecule has 1 unspecified atom stereocenters. The van der Waals surface area contributed by atoms with E-state index >= 15 is 0 Å². The lowest BCUT2D eigenvalue weighted by Gasteiger charge is -2.15. The first-order valence-corrected chi connectivity index (χ1v) is 8.45. The molecule has 1 rings (SSSR count). The fourth-order valence-electron chi connectivity index (χ4n) is 1.44. The van der Waals surface area contributed by atoms with Gasteiger partial charge in [-0.2, -0.15) is 13.2 Å². The van der Waals surface area contributed by atoms with Crippen molar-refractivity contribution in [2.24, 2.45) is 0 Å². The van der Waals surface area contributed by atoms with Crippen LogP contribution in [-0.4, -0.2) is 32.0 Å². The predicted octanol–water partition coefficient (Wildman–Crippen LogP) is 2.25. The zero-order valence-corrected chi connectivity index (χ0v) is 12.1. The Bertz CT molecular complexity index is 511. The average molecular weight is 316 g/mol. The van der Waals surface area contributed by atoms with Crippen LogP contribution in [0.4, 0.5) is 13.2 Å². The van der Waals surface area contributed by atoms with Crippen LogP contribution < -0.4 is 5.32 Å². The number of thiazole rings is 1. The molecule has 110 valence electrons. The summed E-state index contributed by atoms with van der Waals surface area (Å²) in [6.07, 6.45) is -1.60. The van der Waals surface area contributed by atoms with Crippen LogP contribution in [-0.2, 0) is 16.0 Å². The number of halogens is 3. The number of nitrogens with one attached hydrogen (secondary N) is 1. The Morgan fingerprint density at radius 2 is 2.11 bits per heavy atom. The minimum absolute atomic E-state index is 0.244. The van der Waals surface area contributed by atoms with Crippen molar-refractivity contribution in [3.05, 3.63) is 16.1 Å². The highest BCUT2D eigenvalue weighted by molar-refractivity contribution is 7.90. The van der Waals surface area contributed by atoms with Crippen molar-refractivity contribution >= 4 is 21.2 Å². The zero-order chi connectivity index (χ0) is 14.7. The summed E-state index contributed by atoms with van der Waals surface area (Å²) in [6.45, 7) is 2.41. The predicted molar refractivity (Wildman–Crippen MR) is 67.9 cm³/mol. The number of aromatic nitrogens is 1. The van der Waals surface area contributed by atoms with E-state index < -0.39 is 27.1 Å². The first kappa shape index (κ1) is 16.4. The van der Waals surface area contributed by atoms with E-state index in [0.717, 1.165) is 18.9 Å². The van der Waals surface area contributed by atoms with Crippen molar-refractivity contribution in [3.63, 3.8) is 0 Å². The highest BCUT2D eigenvalue weighted by atomic mass is 32.2. The molecule has 0 amide bonds. The van der Waals surface area contributed by atoms with Crippen LogP contribution in [0, 0.1) is 0 Å². The molecule has 1 atom stereocenters. The molecular formula is C10H15F3N2O2S2. The van der Waals surface area contributed by atoms with Crippen LogP contribution in [0.15, 0.2) is 6.20 Å². The smallest absolute Gasteiger partial charge is 0.308 e. The second-order valence-corrected chi connectivity index (χ2v) is 7.41. The maximum absolute atomic E-state index is 12.5. The minimum Gasteiger partial charge on any atom is -0.308 e. The molecule has 0 aliphatic rings. The summed E-state index contributed by atoms with van der Waals surface area (Å²) in [4.78, 5) is 3.59. The Hall–Kier alpha value is -0.670. The zero-order valence-electron chi connectivity index (χ0n) is 10.5. The van der Waals surface area contributed by atoms with Gasteiger partial charge in [0.2, 0.25) is 0 Å². The molecular weight excluding hydrogens is 301 g/mol. The molecule has 9 heteroatoms. The molecule has 19 heavy (non-hydrogen) atoms. The Kier molecular flexibility index (Phi) is 5.34. The van der Waals surface area contributed by atoms with Gasteiger partial charge in [-0.3, -0.25) is 0 Å². The SMILES string of the molecule is CCCNC(CS(C)(=O)=O)c1cnc(C(F)(F)F)s1. The van der Waals surface area contributed by atoms with Gasteiger partial charge in [0.15, 0.2) is 5.01 Å². The second-order valence-electron chi connectivity index (χ2n) is 4.16. The van der Waals surface area contributed by atoms with Gasteiger partial charge in [0.1, 0.15) is 9.84 Å². The van der Waals surface area contributed by atoms with E-state index in [-0.39, 0.29) is 10.6 Å². The summed E-state index contributed by atoms with van der Waals surface area (Å²) in [7, 11) is -3.29. The Balaban J connectivity index is 2.94. The van der Waals surface area contributed by atoms with Crippen LogP contribution >= 0.6 is 11.3 Å². The first-order chi connectivity index (χ1) is 8.63. The molecule has 1 aromatic heterocycles. The van der Waals surface area contributed by atoms with Gasteiger partial charge in [0.05, 0.1) is 11.8 Å². The van der Waals surface area contributed by atoms with Crippen LogP contribution in [0.1, 0.15) is 29.3 Å². The molecule has 1 aromatic rings. The lowest BCUT2D eigenvalue weighted by Crippen LogP contribution is -2.27. The molecule has 4 nitrogen and oxygen atoms in total. The van der Waals surface area contributed by atoms with E-state index in [2.05, 4.69) is 10.3 Å². The second kappa shape index (κ2) is 6.19. The average Bonchev–Trinajstić information content (AvgIpc) is 2.71. The number of alkyl halides is 3. The molecule has 0 aliphatic carbocycles. The molecule has 0 aliphatic heterocycles. The Labute approximate surface area is 114 Å². The molecule has 0 spiro atoms. The van der Waals surface area contributed by atoms with E-state index in [4.69, 9.17) is 0 Å². The molecule has 1 heterocycles. The summed E-state index contributed by atoms with van der Waals surface area (Å²) in [6, 6.07) is -0.649. The largest absolute Gasteiger partial charge is 0.443 e. The third-order valence-corrected chi connectivity index (χ3v) is 4.31. The molecule has 1 N–H and O–H groups in total. The number of rotatable bonds is 6. The summed E-state index contributed by atoms with van der Waals surface area (Å²) in [5.41, 5.74) is 0. The van der Waals surface area contributed by atoms with Gasteiger partial charge in [-0.1, -0.05) is 6.92 Å². The van der Waals surface area contributed by atoms with Gasteiger partial charge >= 0.3 is 6.18 Å². The number of nitrogens with zero attached hydrogens (tertiary/aromatic N) is 1. The molecule has 0 aromatic carbocycles. The first-order valence-electron chi connectivity index (χ1n) is 5.57. The maximum Gasteiger partial charge on any atom is 0.443 e. The lowest BCUT2D eigenvalue weighted by atomic mass is 10.3. The van der Waals surface area contributed by atoms with Gasteiger partial charge in [0.25, 0.3) is 0 Å². The highest BCUT2D eigenvalue weighted by Gasteiger charge is 2.35. The van der Waals surface area contributed by atoms with Gasteiger partial charge in [-0.25, -0.2) is 13.4 Å². The van der Waals surface area contributed by atoms with Crippen LogP contribution in [0.5, 0.6) is 0 Å². The summed E-state index contributed by atoms with van der Waals surface area (Å²) in [5.74, 6) is -0.244. The fraction of sp³-hybridized carbons (Fsp3) is 0.700. The quantitative estimate of drug-likeness (QED) is 0.874. The number of hydrogen-bond acceptors (Lipinski definition) is 5. The Morgan fingerprint density at radius 3 is 2.53 bits per heavy atom. The number of hydrogen-bond donors (Lipinski definition) is 1. The summed E-state index contributed by atoms with van der Waals surface area (Å²) >= 11 is 0.476.